The summed E-state index contributed by atoms with van der Waals surface area (Å²) in [5.74, 6) is -0.233. The zero-order valence-electron chi connectivity index (χ0n) is 14.9. The molecule has 9 heteroatoms. The zero-order chi connectivity index (χ0) is 19.0. The van der Waals surface area contributed by atoms with Crippen LogP contribution in [-0.4, -0.2) is 42.3 Å². The van der Waals surface area contributed by atoms with Crippen LogP contribution in [0.15, 0.2) is 36.4 Å². The monoisotopic (exact) mass is 432 g/mol. The molecule has 0 aliphatic carbocycles. The second-order valence-corrected chi connectivity index (χ2v) is 8.00. The minimum absolute atomic E-state index is 0. The third-order valence-corrected chi connectivity index (χ3v) is 6.12. The number of thiophene rings is 1. The lowest BCUT2D eigenvalue weighted by atomic mass is 10.1. The van der Waals surface area contributed by atoms with E-state index in [0.29, 0.717) is 17.0 Å². The lowest BCUT2D eigenvalue weighted by Gasteiger charge is -2.23. The molecule has 2 fully saturated rings. The van der Waals surface area contributed by atoms with Gasteiger partial charge >= 0.3 is 6.36 Å². The van der Waals surface area contributed by atoms with Crippen molar-refractivity contribution in [1.29, 1.82) is 0 Å². The fourth-order valence-electron chi connectivity index (χ4n) is 3.71. The molecular formula is C19H20ClF3N2O2S. The van der Waals surface area contributed by atoms with Crippen LogP contribution < -0.4 is 10.1 Å². The molecule has 2 aliphatic heterocycles. The van der Waals surface area contributed by atoms with Gasteiger partial charge in [0.05, 0.1) is 4.88 Å². The number of fused-ring (bicyclic) bond motifs is 2. The Morgan fingerprint density at radius 1 is 1.07 bits per heavy atom. The summed E-state index contributed by atoms with van der Waals surface area (Å²) >= 11 is 1.36. The molecule has 0 saturated carbocycles. The smallest absolute Gasteiger partial charge is 0.406 e. The van der Waals surface area contributed by atoms with Gasteiger partial charge in [0.15, 0.2) is 0 Å². The summed E-state index contributed by atoms with van der Waals surface area (Å²) in [6.45, 7) is 1.48. The largest absolute Gasteiger partial charge is 0.573 e. The summed E-state index contributed by atoms with van der Waals surface area (Å²) in [5.41, 5.74) is 0.755. The van der Waals surface area contributed by atoms with Gasteiger partial charge in [-0.15, -0.1) is 36.9 Å². The van der Waals surface area contributed by atoms with Crippen LogP contribution in [0.25, 0.3) is 10.4 Å². The van der Waals surface area contributed by atoms with Gasteiger partial charge in [0.1, 0.15) is 5.75 Å². The van der Waals surface area contributed by atoms with E-state index in [1.807, 2.05) is 11.0 Å². The average molecular weight is 433 g/mol. The molecule has 2 aliphatic rings. The Kier molecular flexibility index (Phi) is 6.21. The maximum absolute atomic E-state index is 12.8. The van der Waals surface area contributed by atoms with E-state index in [1.54, 1.807) is 18.2 Å². The molecule has 2 saturated heterocycles. The number of hydrogen-bond acceptors (Lipinski definition) is 4. The number of benzene rings is 1. The number of alkyl halides is 3. The van der Waals surface area contributed by atoms with Gasteiger partial charge < -0.3 is 15.0 Å². The van der Waals surface area contributed by atoms with Gasteiger partial charge in [-0.2, -0.15) is 0 Å². The van der Waals surface area contributed by atoms with Crippen LogP contribution in [0.3, 0.4) is 0 Å². The highest BCUT2D eigenvalue weighted by Crippen LogP contribution is 2.32. The van der Waals surface area contributed by atoms with E-state index in [0.717, 1.165) is 36.4 Å². The van der Waals surface area contributed by atoms with E-state index >= 15 is 0 Å². The van der Waals surface area contributed by atoms with Gasteiger partial charge in [0.25, 0.3) is 5.91 Å². The number of nitrogens with zero attached hydrogens (tertiary/aromatic N) is 1. The van der Waals surface area contributed by atoms with Crippen LogP contribution >= 0.6 is 23.7 Å². The molecule has 28 heavy (non-hydrogen) atoms. The molecule has 1 N–H and O–H groups in total. The number of carbonyl (C=O) groups is 1. The second-order valence-electron chi connectivity index (χ2n) is 6.91. The van der Waals surface area contributed by atoms with Gasteiger partial charge in [-0.25, -0.2) is 0 Å². The van der Waals surface area contributed by atoms with Gasteiger partial charge in [0, 0.05) is 30.1 Å². The molecule has 2 unspecified atom stereocenters. The summed E-state index contributed by atoms with van der Waals surface area (Å²) in [5, 5.41) is 3.56. The SMILES string of the molecule is Cl.O=C(c1ccc(-c2ccc(OC(F)(F)F)cc2)s1)N1CCC2CCC(C1)N2. The summed E-state index contributed by atoms with van der Waals surface area (Å²) in [4.78, 5) is 16.2. The van der Waals surface area contributed by atoms with Crippen molar-refractivity contribution < 1.29 is 22.7 Å². The molecule has 4 nitrogen and oxygen atoms in total. The maximum atomic E-state index is 12.8. The van der Waals surface area contributed by atoms with Gasteiger partial charge in [0.2, 0.25) is 0 Å². The Hall–Kier alpha value is -1.77. The molecular weight excluding hydrogens is 413 g/mol. The Labute approximate surface area is 171 Å². The van der Waals surface area contributed by atoms with Crippen molar-refractivity contribution in [3.05, 3.63) is 41.3 Å². The van der Waals surface area contributed by atoms with Crippen LogP contribution in [0.2, 0.25) is 0 Å². The first kappa shape index (κ1) is 21.0. The van der Waals surface area contributed by atoms with Crippen molar-refractivity contribution >= 4 is 29.7 Å². The van der Waals surface area contributed by atoms with E-state index in [9.17, 15) is 18.0 Å². The van der Waals surface area contributed by atoms with Crippen LogP contribution in [-0.2, 0) is 0 Å². The highest BCUT2D eigenvalue weighted by molar-refractivity contribution is 7.17. The average Bonchev–Trinajstić information content (AvgIpc) is 3.20. The van der Waals surface area contributed by atoms with Gasteiger partial charge in [-0.3, -0.25) is 4.79 Å². The van der Waals surface area contributed by atoms with E-state index in [-0.39, 0.29) is 24.1 Å². The van der Waals surface area contributed by atoms with Crippen LogP contribution in [0.1, 0.15) is 28.9 Å². The summed E-state index contributed by atoms with van der Waals surface area (Å²) in [6.07, 6.45) is -1.44. The van der Waals surface area contributed by atoms with E-state index in [2.05, 4.69) is 10.1 Å². The fraction of sp³-hybridized carbons (Fsp3) is 0.421. The first-order valence-corrected chi connectivity index (χ1v) is 9.70. The summed E-state index contributed by atoms with van der Waals surface area (Å²) in [6, 6.07) is 10.2. The molecule has 4 rings (SSSR count). The molecule has 1 amide bonds. The van der Waals surface area contributed by atoms with Gasteiger partial charge in [-0.05, 0) is 61.2 Å². The highest BCUT2D eigenvalue weighted by Gasteiger charge is 2.32. The fourth-order valence-corrected chi connectivity index (χ4v) is 4.69. The van der Waals surface area contributed by atoms with Crippen molar-refractivity contribution in [2.24, 2.45) is 0 Å². The first-order chi connectivity index (χ1) is 12.9. The molecule has 0 spiro atoms. The topological polar surface area (TPSA) is 41.6 Å². The van der Waals surface area contributed by atoms with Crippen LogP contribution in [0.4, 0.5) is 13.2 Å². The summed E-state index contributed by atoms with van der Waals surface area (Å²) < 4.78 is 40.6. The zero-order valence-corrected chi connectivity index (χ0v) is 16.5. The first-order valence-electron chi connectivity index (χ1n) is 8.89. The quantitative estimate of drug-likeness (QED) is 0.764. The molecule has 3 heterocycles. The lowest BCUT2D eigenvalue weighted by molar-refractivity contribution is -0.274. The Morgan fingerprint density at radius 3 is 2.50 bits per heavy atom. The molecule has 1 aromatic heterocycles. The third-order valence-electron chi connectivity index (χ3n) is 5.00. The van der Waals surface area contributed by atoms with Crippen molar-refractivity contribution in [1.82, 2.24) is 10.2 Å². The molecule has 2 aromatic rings. The van der Waals surface area contributed by atoms with Crippen molar-refractivity contribution in [2.45, 2.75) is 37.7 Å². The number of amides is 1. The number of carbonyl (C=O) groups excluding carboxylic acids is 1. The lowest BCUT2D eigenvalue weighted by Crippen LogP contribution is -2.38. The number of likely N-dealkylation sites (tertiary alicyclic amines) is 1. The number of rotatable bonds is 3. The molecule has 1 aromatic carbocycles. The number of hydrogen-bond donors (Lipinski definition) is 1. The normalized spacial score (nSPS) is 21.8. The number of ether oxygens (including phenoxy) is 1. The van der Waals surface area contributed by atoms with Gasteiger partial charge in [-0.1, -0.05) is 0 Å². The maximum Gasteiger partial charge on any atom is 0.573 e. The van der Waals surface area contributed by atoms with E-state index in [4.69, 9.17) is 0 Å². The van der Waals surface area contributed by atoms with Crippen LogP contribution in [0, 0.1) is 0 Å². The standard InChI is InChI=1S/C19H19F3N2O2S.ClH/c20-19(21,22)26-15-5-1-12(2-6-15)16-7-8-17(27-16)18(25)24-10-9-13-3-4-14(11-24)23-13;/h1-2,5-8,13-14,23H,3-4,9-11H2;1H. The molecule has 152 valence electrons. The minimum Gasteiger partial charge on any atom is -0.406 e. The molecule has 2 atom stereocenters. The number of halogens is 4. The second kappa shape index (κ2) is 8.31. The predicted molar refractivity (Wildman–Crippen MR) is 104 cm³/mol. The predicted octanol–water partition coefficient (Wildman–Crippen LogP) is 4.70. The van der Waals surface area contributed by atoms with E-state index < -0.39 is 6.36 Å². The number of nitrogens with one attached hydrogen (secondary N) is 1. The Balaban J connectivity index is 0.00000225. The Bertz CT molecular complexity index is 825. The molecule has 0 radical (unpaired) electrons. The Morgan fingerprint density at radius 2 is 1.79 bits per heavy atom. The minimum atomic E-state index is -4.70. The van der Waals surface area contributed by atoms with Crippen molar-refractivity contribution in [2.75, 3.05) is 13.1 Å². The van der Waals surface area contributed by atoms with E-state index in [1.165, 1.54) is 29.9 Å². The van der Waals surface area contributed by atoms with Crippen LogP contribution in [0.5, 0.6) is 5.75 Å². The van der Waals surface area contributed by atoms with Crippen molar-refractivity contribution in [3.63, 3.8) is 0 Å². The summed E-state index contributed by atoms with van der Waals surface area (Å²) in [7, 11) is 0. The molecule has 2 bridgehead atoms. The highest BCUT2D eigenvalue weighted by atomic mass is 35.5. The third kappa shape index (κ3) is 4.79. The van der Waals surface area contributed by atoms with Crippen molar-refractivity contribution in [3.8, 4) is 16.2 Å².